The first-order valence-electron chi connectivity index (χ1n) is 11.8. The van der Waals surface area contributed by atoms with E-state index in [1.807, 2.05) is 41.3 Å². The maximum absolute atomic E-state index is 14.1. The highest BCUT2D eigenvalue weighted by atomic mass is 16.6. The monoisotopic (exact) mass is 467 g/mol. The molecule has 0 spiro atoms. The van der Waals surface area contributed by atoms with Gasteiger partial charge in [-0.2, -0.15) is 0 Å². The van der Waals surface area contributed by atoms with Crippen LogP contribution in [0, 0.1) is 10.1 Å². The molecule has 0 saturated carbocycles. The van der Waals surface area contributed by atoms with E-state index in [2.05, 4.69) is 0 Å². The van der Waals surface area contributed by atoms with E-state index in [0.717, 1.165) is 19.3 Å². The second-order valence-electron chi connectivity index (χ2n) is 8.77. The third-order valence-corrected chi connectivity index (χ3v) is 6.59. The number of para-hydroxylation sites is 1. The molecule has 3 aromatic rings. The number of anilines is 1. The predicted octanol–water partition coefficient (Wildman–Crippen LogP) is 5.31. The van der Waals surface area contributed by atoms with E-state index in [1.165, 1.54) is 12.1 Å². The molecular formula is C28H25N3O4. The zero-order valence-electron chi connectivity index (χ0n) is 19.2. The number of benzene rings is 3. The molecule has 3 aromatic carbocycles. The zero-order chi connectivity index (χ0) is 24.4. The number of carbonyl (C=O) groups excluding carboxylic acids is 2. The average Bonchev–Trinajstić information content (AvgIpc) is 3.22. The normalized spacial score (nSPS) is 18.2. The maximum atomic E-state index is 14.1. The van der Waals surface area contributed by atoms with Gasteiger partial charge in [-0.3, -0.25) is 24.6 Å². The Morgan fingerprint density at radius 2 is 1.51 bits per heavy atom. The lowest BCUT2D eigenvalue weighted by Crippen LogP contribution is -2.36. The molecule has 0 N–H and O–H groups in total. The van der Waals surface area contributed by atoms with Crippen LogP contribution in [0.5, 0.6) is 0 Å². The van der Waals surface area contributed by atoms with E-state index in [4.69, 9.17) is 0 Å². The predicted molar refractivity (Wildman–Crippen MR) is 133 cm³/mol. The van der Waals surface area contributed by atoms with Gasteiger partial charge in [0.1, 0.15) is 5.70 Å². The fraction of sp³-hybridized carbons (Fsp3) is 0.214. The maximum Gasteiger partial charge on any atom is 0.275 e. The molecule has 2 aliphatic rings. The standard InChI is InChI=1S/C28H25N3O4/c32-27(20-11-4-1-5-12-20)24-25(21-13-10-16-23(19-21)31(34)35)30(22-14-6-2-7-15-22)28(33)26(24)29-17-8-3-9-18-29/h1-2,4-7,10-16,19,25H,3,8-9,17-18H2. The summed E-state index contributed by atoms with van der Waals surface area (Å²) in [5, 5.41) is 11.6. The summed E-state index contributed by atoms with van der Waals surface area (Å²) in [5.41, 5.74) is 2.34. The van der Waals surface area contributed by atoms with Crippen LogP contribution in [0.3, 0.4) is 0 Å². The molecule has 5 rings (SSSR count). The molecule has 0 radical (unpaired) electrons. The first kappa shape index (κ1) is 22.5. The van der Waals surface area contributed by atoms with E-state index < -0.39 is 11.0 Å². The average molecular weight is 468 g/mol. The van der Waals surface area contributed by atoms with Crippen molar-refractivity contribution in [2.45, 2.75) is 25.3 Å². The number of rotatable bonds is 6. The van der Waals surface area contributed by atoms with Crippen molar-refractivity contribution < 1.29 is 14.5 Å². The molecule has 35 heavy (non-hydrogen) atoms. The minimum atomic E-state index is -0.783. The Kier molecular flexibility index (Phi) is 6.14. The summed E-state index contributed by atoms with van der Waals surface area (Å²) in [6, 6.07) is 23.5. The lowest BCUT2D eigenvalue weighted by atomic mass is 9.91. The molecule has 0 aromatic heterocycles. The van der Waals surface area contributed by atoms with Gasteiger partial charge < -0.3 is 4.90 Å². The van der Waals surface area contributed by atoms with Crippen LogP contribution in [-0.4, -0.2) is 34.6 Å². The smallest absolute Gasteiger partial charge is 0.275 e. The van der Waals surface area contributed by atoms with Crippen LogP contribution in [0.1, 0.15) is 41.2 Å². The number of hydrogen-bond donors (Lipinski definition) is 0. The van der Waals surface area contributed by atoms with Crippen molar-refractivity contribution in [2.24, 2.45) is 0 Å². The van der Waals surface area contributed by atoms with E-state index in [-0.39, 0.29) is 17.4 Å². The zero-order valence-corrected chi connectivity index (χ0v) is 19.2. The fourth-order valence-corrected chi connectivity index (χ4v) is 4.98. The number of non-ortho nitro benzene ring substituents is 1. The molecule has 2 heterocycles. The van der Waals surface area contributed by atoms with E-state index in [9.17, 15) is 19.7 Å². The molecule has 1 fully saturated rings. The highest BCUT2D eigenvalue weighted by Gasteiger charge is 2.46. The summed E-state index contributed by atoms with van der Waals surface area (Å²) in [6.45, 7) is 1.38. The molecule has 0 bridgehead atoms. The molecular weight excluding hydrogens is 442 g/mol. The van der Waals surface area contributed by atoms with Gasteiger partial charge in [0.05, 0.1) is 16.5 Å². The van der Waals surface area contributed by atoms with Gasteiger partial charge in [-0.25, -0.2) is 0 Å². The largest absolute Gasteiger partial charge is 0.367 e. The van der Waals surface area contributed by atoms with E-state index in [0.29, 0.717) is 41.2 Å². The third kappa shape index (κ3) is 4.21. The number of nitro benzene ring substituents is 1. The summed E-state index contributed by atoms with van der Waals surface area (Å²) < 4.78 is 0. The highest BCUT2D eigenvalue weighted by Crippen LogP contribution is 2.44. The second kappa shape index (κ2) is 9.54. The van der Waals surface area contributed by atoms with Crippen molar-refractivity contribution in [3.8, 4) is 0 Å². The minimum Gasteiger partial charge on any atom is -0.367 e. The molecule has 1 amide bonds. The van der Waals surface area contributed by atoms with Gasteiger partial charge in [0.25, 0.3) is 11.6 Å². The molecule has 7 heteroatoms. The highest BCUT2D eigenvalue weighted by molar-refractivity contribution is 6.21. The van der Waals surface area contributed by atoms with Crippen molar-refractivity contribution in [2.75, 3.05) is 18.0 Å². The Morgan fingerprint density at radius 3 is 2.17 bits per heavy atom. The van der Waals surface area contributed by atoms with Gasteiger partial charge in [0.2, 0.25) is 0 Å². The molecule has 1 saturated heterocycles. The number of nitrogens with zero attached hydrogens (tertiary/aromatic N) is 3. The number of likely N-dealkylation sites (tertiary alicyclic amines) is 1. The first-order valence-corrected chi connectivity index (χ1v) is 11.8. The van der Waals surface area contributed by atoms with Gasteiger partial charge in [-0.15, -0.1) is 0 Å². The van der Waals surface area contributed by atoms with Crippen molar-refractivity contribution in [3.05, 3.63) is 117 Å². The Morgan fingerprint density at radius 1 is 0.857 bits per heavy atom. The fourth-order valence-electron chi connectivity index (χ4n) is 4.98. The minimum absolute atomic E-state index is 0.0825. The van der Waals surface area contributed by atoms with E-state index >= 15 is 0 Å². The Bertz CT molecular complexity index is 1300. The van der Waals surface area contributed by atoms with Crippen molar-refractivity contribution in [1.82, 2.24) is 4.90 Å². The van der Waals surface area contributed by atoms with Gasteiger partial charge >= 0.3 is 0 Å². The number of nitro groups is 1. The lowest BCUT2D eigenvalue weighted by Gasteiger charge is -2.30. The number of piperidine rings is 1. The number of carbonyl (C=O) groups is 2. The summed E-state index contributed by atoms with van der Waals surface area (Å²) >= 11 is 0. The van der Waals surface area contributed by atoms with Crippen molar-refractivity contribution >= 4 is 23.1 Å². The van der Waals surface area contributed by atoms with Crippen molar-refractivity contribution in [3.63, 3.8) is 0 Å². The number of hydrogen-bond acceptors (Lipinski definition) is 5. The number of Topliss-reactive ketones (excluding diaryl/α,β-unsaturated/α-hetero) is 1. The summed E-state index contributed by atoms with van der Waals surface area (Å²) in [7, 11) is 0. The summed E-state index contributed by atoms with van der Waals surface area (Å²) in [4.78, 5) is 42.9. The number of amides is 1. The summed E-state index contributed by atoms with van der Waals surface area (Å²) in [6.07, 6.45) is 2.96. The quantitative estimate of drug-likeness (QED) is 0.279. The topological polar surface area (TPSA) is 83.8 Å². The van der Waals surface area contributed by atoms with Gasteiger partial charge in [-0.1, -0.05) is 60.7 Å². The Labute approximate surface area is 203 Å². The molecule has 2 aliphatic heterocycles. The first-order chi connectivity index (χ1) is 17.1. The van der Waals surface area contributed by atoms with Crippen molar-refractivity contribution in [1.29, 1.82) is 0 Å². The molecule has 7 nitrogen and oxygen atoms in total. The van der Waals surface area contributed by atoms with Gasteiger partial charge in [0, 0.05) is 36.5 Å². The molecule has 0 aliphatic carbocycles. The third-order valence-electron chi connectivity index (χ3n) is 6.59. The molecule has 176 valence electrons. The molecule has 1 unspecified atom stereocenters. The van der Waals surface area contributed by atoms with Gasteiger partial charge in [0.15, 0.2) is 5.78 Å². The van der Waals surface area contributed by atoms with Crippen LogP contribution >= 0.6 is 0 Å². The van der Waals surface area contributed by atoms with Crippen LogP contribution < -0.4 is 4.90 Å². The van der Waals surface area contributed by atoms with Gasteiger partial charge in [-0.05, 0) is 37.0 Å². The van der Waals surface area contributed by atoms with E-state index in [1.54, 1.807) is 41.3 Å². The Balaban J connectivity index is 1.75. The second-order valence-corrected chi connectivity index (χ2v) is 8.77. The van der Waals surface area contributed by atoms with Crippen LogP contribution in [0.15, 0.2) is 96.2 Å². The van der Waals surface area contributed by atoms with Crippen LogP contribution in [0.4, 0.5) is 11.4 Å². The molecule has 1 atom stereocenters. The lowest BCUT2D eigenvalue weighted by molar-refractivity contribution is -0.384. The van der Waals surface area contributed by atoms with Crippen LogP contribution in [0.25, 0.3) is 0 Å². The number of ketones is 1. The SMILES string of the molecule is O=C(C1=C(N2CCCCC2)C(=O)N(c2ccccc2)C1c1cccc([N+](=O)[O-])c1)c1ccccc1. The van der Waals surface area contributed by atoms with Crippen LogP contribution in [-0.2, 0) is 4.79 Å². The summed E-state index contributed by atoms with van der Waals surface area (Å²) in [5.74, 6) is -0.497. The Hall–Kier alpha value is -4.26. The van der Waals surface area contributed by atoms with Crippen LogP contribution in [0.2, 0.25) is 0 Å².